The van der Waals surface area contributed by atoms with Gasteiger partial charge in [-0.15, -0.1) is 0 Å². The largest absolute Gasteiger partial charge is 0.286 e. The number of hydrogen-bond donors (Lipinski definition) is 0. The zero-order chi connectivity index (χ0) is 20.7. The molecule has 0 spiro atoms. The lowest BCUT2D eigenvalue weighted by Gasteiger charge is -2.44. The average Bonchev–Trinajstić information content (AvgIpc) is 2.99. The summed E-state index contributed by atoms with van der Waals surface area (Å²) >= 11 is 13.4. The normalized spacial score (nSPS) is 23.8. The molecule has 2 bridgehead atoms. The van der Waals surface area contributed by atoms with Crippen LogP contribution in [-0.2, 0) is 0 Å². The molecule has 2 aromatic carbocycles. The first kappa shape index (κ1) is 20.1. The van der Waals surface area contributed by atoms with Crippen molar-refractivity contribution in [2.24, 2.45) is 0 Å². The lowest BCUT2D eigenvalue weighted by molar-refractivity contribution is 0.0926. The number of halogens is 2. The van der Waals surface area contributed by atoms with Gasteiger partial charge in [0.25, 0.3) is 0 Å². The molecule has 4 heteroatoms. The van der Waals surface area contributed by atoms with Gasteiger partial charge < -0.3 is 0 Å². The van der Waals surface area contributed by atoms with E-state index >= 15 is 0 Å². The number of pyridine rings is 1. The number of benzene rings is 2. The minimum atomic E-state index is 0.0799. The van der Waals surface area contributed by atoms with Crippen molar-refractivity contribution >= 4 is 23.2 Å². The number of nitrogens with zero attached hydrogens (tertiary/aromatic N) is 2. The molecule has 2 aliphatic heterocycles. The number of aryl methyl sites for hydroxylation is 1. The lowest BCUT2D eigenvalue weighted by atomic mass is 9.84. The van der Waals surface area contributed by atoms with Crippen molar-refractivity contribution in [2.75, 3.05) is 0 Å². The van der Waals surface area contributed by atoms with Gasteiger partial charge in [-0.3, -0.25) is 9.88 Å². The van der Waals surface area contributed by atoms with Crippen molar-refractivity contribution in [3.05, 3.63) is 99.3 Å². The zero-order valence-corrected chi connectivity index (χ0v) is 18.7. The van der Waals surface area contributed by atoms with Crippen molar-refractivity contribution < 1.29 is 0 Å². The Balaban J connectivity index is 1.53. The second kappa shape index (κ2) is 8.34. The molecule has 2 aliphatic rings. The minimum absolute atomic E-state index is 0.0799. The fourth-order valence-electron chi connectivity index (χ4n) is 5.54. The second-order valence-electron chi connectivity index (χ2n) is 8.70. The van der Waals surface area contributed by atoms with Crippen LogP contribution in [0, 0.1) is 6.92 Å². The highest BCUT2D eigenvalue weighted by molar-refractivity contribution is 6.32. The second-order valence-corrected chi connectivity index (χ2v) is 9.52. The number of fused-ring (bicyclic) bond motifs is 2. The standard InChI is InChI=1S/C26H26Cl2N2/c1-17-12-13-29-25(14-17)18-15-19-10-11-20(16-18)30(19)26(21-6-2-4-8-23(21)27)22-7-3-5-9-24(22)28/h2-9,12-14,18-20,26H,10-11,15-16H2,1H3/t18?,19-,20+. The molecule has 0 aliphatic carbocycles. The topological polar surface area (TPSA) is 16.1 Å². The Morgan fingerprint density at radius 1 is 0.867 bits per heavy atom. The molecule has 2 fully saturated rings. The Morgan fingerprint density at radius 3 is 1.97 bits per heavy atom. The Morgan fingerprint density at radius 2 is 1.43 bits per heavy atom. The van der Waals surface area contributed by atoms with E-state index in [1.807, 2.05) is 30.5 Å². The van der Waals surface area contributed by atoms with Crippen LogP contribution in [0.3, 0.4) is 0 Å². The molecule has 154 valence electrons. The van der Waals surface area contributed by atoms with Crippen molar-refractivity contribution in [3.63, 3.8) is 0 Å². The molecule has 3 atom stereocenters. The van der Waals surface area contributed by atoms with E-state index in [9.17, 15) is 0 Å². The molecule has 30 heavy (non-hydrogen) atoms. The van der Waals surface area contributed by atoms with Crippen molar-refractivity contribution in [1.29, 1.82) is 0 Å². The fourth-order valence-corrected chi connectivity index (χ4v) is 6.02. The molecule has 0 amide bonds. The van der Waals surface area contributed by atoms with E-state index in [1.54, 1.807) is 0 Å². The molecule has 0 saturated carbocycles. The van der Waals surface area contributed by atoms with E-state index < -0.39 is 0 Å². The van der Waals surface area contributed by atoms with Gasteiger partial charge in [0.15, 0.2) is 0 Å². The summed E-state index contributed by atoms with van der Waals surface area (Å²) in [5.41, 5.74) is 4.84. The third kappa shape index (κ3) is 3.66. The summed E-state index contributed by atoms with van der Waals surface area (Å²) in [4.78, 5) is 7.42. The van der Waals surface area contributed by atoms with Crippen LogP contribution in [0.2, 0.25) is 10.0 Å². The summed E-state index contributed by atoms with van der Waals surface area (Å²) in [6, 6.07) is 21.9. The highest BCUT2D eigenvalue weighted by Crippen LogP contribution is 2.49. The van der Waals surface area contributed by atoms with Gasteiger partial charge in [0, 0.05) is 39.9 Å². The smallest absolute Gasteiger partial charge is 0.0636 e. The van der Waals surface area contributed by atoms with E-state index in [0.29, 0.717) is 18.0 Å². The number of aromatic nitrogens is 1. The van der Waals surface area contributed by atoms with Crippen molar-refractivity contribution in [2.45, 2.75) is 56.7 Å². The van der Waals surface area contributed by atoms with Gasteiger partial charge in [-0.2, -0.15) is 0 Å². The van der Waals surface area contributed by atoms with Gasteiger partial charge in [-0.1, -0.05) is 59.6 Å². The summed E-state index contributed by atoms with van der Waals surface area (Å²) in [5, 5.41) is 1.62. The average molecular weight is 437 g/mol. The van der Waals surface area contributed by atoms with Gasteiger partial charge in [0.1, 0.15) is 0 Å². The quantitative estimate of drug-likeness (QED) is 0.429. The summed E-state index contributed by atoms with van der Waals surface area (Å²) in [5.74, 6) is 0.525. The fraction of sp³-hybridized carbons (Fsp3) is 0.346. The molecule has 3 heterocycles. The van der Waals surface area contributed by atoms with Crippen LogP contribution in [0.25, 0.3) is 0 Å². The lowest BCUT2D eigenvalue weighted by Crippen LogP contribution is -2.45. The number of hydrogen-bond acceptors (Lipinski definition) is 2. The monoisotopic (exact) mass is 436 g/mol. The van der Waals surface area contributed by atoms with E-state index in [0.717, 1.165) is 34.0 Å². The Labute approximate surface area is 188 Å². The third-order valence-electron chi connectivity index (χ3n) is 6.84. The molecular weight excluding hydrogens is 411 g/mol. The predicted octanol–water partition coefficient (Wildman–Crippen LogP) is 7.20. The van der Waals surface area contributed by atoms with Crippen LogP contribution in [0.5, 0.6) is 0 Å². The van der Waals surface area contributed by atoms with Gasteiger partial charge >= 0.3 is 0 Å². The van der Waals surface area contributed by atoms with Crippen LogP contribution in [0.1, 0.15) is 60.0 Å². The van der Waals surface area contributed by atoms with E-state index in [2.05, 4.69) is 48.2 Å². The Hall–Kier alpha value is -1.87. The molecule has 3 aromatic rings. The highest BCUT2D eigenvalue weighted by atomic mass is 35.5. The summed E-state index contributed by atoms with van der Waals surface area (Å²) in [6.45, 7) is 2.15. The highest BCUT2D eigenvalue weighted by Gasteiger charge is 2.46. The molecule has 0 N–H and O–H groups in total. The first-order valence-electron chi connectivity index (χ1n) is 10.8. The molecule has 5 rings (SSSR count). The van der Waals surface area contributed by atoms with Crippen molar-refractivity contribution in [3.8, 4) is 0 Å². The summed E-state index contributed by atoms with van der Waals surface area (Å²) in [6.07, 6.45) is 6.67. The number of rotatable bonds is 4. The van der Waals surface area contributed by atoms with Gasteiger partial charge in [0.05, 0.1) is 6.04 Å². The summed E-state index contributed by atoms with van der Waals surface area (Å²) in [7, 11) is 0. The zero-order valence-electron chi connectivity index (χ0n) is 17.1. The number of piperidine rings is 1. The molecule has 2 nitrogen and oxygen atoms in total. The van der Waals surface area contributed by atoms with Gasteiger partial charge in [-0.05, 0) is 73.6 Å². The SMILES string of the molecule is Cc1ccnc(C2C[C@H]3CC[C@@H](C2)N3C(c2ccccc2Cl)c2ccccc2Cl)c1. The summed E-state index contributed by atoms with van der Waals surface area (Å²) < 4.78 is 0. The van der Waals surface area contributed by atoms with Crippen LogP contribution in [-0.4, -0.2) is 22.0 Å². The van der Waals surface area contributed by atoms with Crippen LogP contribution in [0.15, 0.2) is 66.9 Å². The molecule has 0 radical (unpaired) electrons. The maximum atomic E-state index is 6.72. The molecule has 2 saturated heterocycles. The van der Waals surface area contributed by atoms with E-state index in [1.165, 1.54) is 24.1 Å². The maximum Gasteiger partial charge on any atom is 0.0636 e. The van der Waals surface area contributed by atoms with Gasteiger partial charge in [0.2, 0.25) is 0 Å². The maximum absolute atomic E-state index is 6.72. The molecule has 1 unspecified atom stereocenters. The van der Waals surface area contributed by atoms with Crippen molar-refractivity contribution in [1.82, 2.24) is 9.88 Å². The first-order chi connectivity index (χ1) is 14.6. The first-order valence-corrected chi connectivity index (χ1v) is 11.6. The van der Waals surface area contributed by atoms with Gasteiger partial charge in [-0.25, -0.2) is 0 Å². The van der Waals surface area contributed by atoms with Crippen LogP contribution >= 0.6 is 23.2 Å². The Kier molecular flexibility index (Phi) is 5.58. The Bertz CT molecular complexity index is 991. The minimum Gasteiger partial charge on any atom is -0.286 e. The predicted molar refractivity (Wildman–Crippen MR) is 124 cm³/mol. The van der Waals surface area contributed by atoms with Crippen LogP contribution in [0.4, 0.5) is 0 Å². The third-order valence-corrected chi connectivity index (χ3v) is 7.53. The molecule has 1 aromatic heterocycles. The van der Waals surface area contributed by atoms with Crippen LogP contribution < -0.4 is 0 Å². The van der Waals surface area contributed by atoms with E-state index in [4.69, 9.17) is 28.2 Å². The molecular formula is C26H26Cl2N2. The van der Waals surface area contributed by atoms with E-state index in [-0.39, 0.29) is 6.04 Å².